The quantitative estimate of drug-likeness (QED) is 0.457. The summed E-state index contributed by atoms with van der Waals surface area (Å²) in [4.78, 5) is 30.4. The van der Waals surface area contributed by atoms with Gasteiger partial charge < -0.3 is 14.5 Å². The van der Waals surface area contributed by atoms with E-state index in [-0.39, 0.29) is 18.6 Å². The molecular formula is C26H30N6O2. The van der Waals surface area contributed by atoms with Crippen LogP contribution in [0.15, 0.2) is 48.9 Å². The Bertz CT molecular complexity index is 1180. The van der Waals surface area contributed by atoms with Crippen molar-refractivity contribution in [1.82, 2.24) is 19.9 Å². The van der Waals surface area contributed by atoms with Gasteiger partial charge in [-0.2, -0.15) is 5.26 Å². The highest BCUT2D eigenvalue weighted by molar-refractivity contribution is 5.80. The molecule has 0 saturated heterocycles. The number of pyridine rings is 1. The first-order valence-corrected chi connectivity index (χ1v) is 11.8. The molecule has 176 valence electrons. The summed E-state index contributed by atoms with van der Waals surface area (Å²) in [6.45, 7) is 8.04. The molecule has 1 aliphatic carbocycles. The molecule has 1 amide bonds. The van der Waals surface area contributed by atoms with Crippen LogP contribution in [0.1, 0.15) is 44.7 Å². The van der Waals surface area contributed by atoms with Gasteiger partial charge in [-0.1, -0.05) is 12.1 Å². The Labute approximate surface area is 200 Å². The Morgan fingerprint density at radius 3 is 2.59 bits per heavy atom. The molecule has 1 aromatic carbocycles. The summed E-state index contributed by atoms with van der Waals surface area (Å²) in [6, 6.07) is 11.7. The van der Waals surface area contributed by atoms with E-state index >= 15 is 0 Å². The molecule has 1 atom stereocenters. The van der Waals surface area contributed by atoms with E-state index in [0.29, 0.717) is 18.7 Å². The predicted octanol–water partition coefficient (Wildman–Crippen LogP) is 3.67. The second kappa shape index (κ2) is 10.1. The number of ether oxygens (including phenoxy) is 1. The highest BCUT2D eigenvalue weighted by Gasteiger charge is 2.47. The molecule has 0 bridgehead atoms. The first-order valence-electron chi connectivity index (χ1n) is 11.8. The number of nitriles is 1. The SMILES string of the molecule is CCN(CC(C)N(CC)c1ccc(C#N)cn1)C(=O)COC1(c2cccc3nccnc23)CC1. The monoisotopic (exact) mass is 458 g/mol. The number of para-hydroxylation sites is 1. The Morgan fingerprint density at radius 1 is 1.15 bits per heavy atom. The minimum atomic E-state index is -0.460. The summed E-state index contributed by atoms with van der Waals surface area (Å²) >= 11 is 0. The van der Waals surface area contributed by atoms with Crippen molar-refractivity contribution < 1.29 is 9.53 Å². The number of carbonyl (C=O) groups excluding carboxylic acids is 1. The molecule has 1 fully saturated rings. The van der Waals surface area contributed by atoms with Crippen LogP contribution >= 0.6 is 0 Å². The lowest BCUT2D eigenvalue weighted by Gasteiger charge is -2.33. The smallest absolute Gasteiger partial charge is 0.248 e. The number of hydrogen-bond acceptors (Lipinski definition) is 7. The van der Waals surface area contributed by atoms with Crippen LogP contribution in [0.2, 0.25) is 0 Å². The number of likely N-dealkylation sites (N-methyl/N-ethyl adjacent to an activating group) is 2. The molecule has 2 aromatic heterocycles. The number of fused-ring (bicyclic) bond motifs is 1. The van der Waals surface area contributed by atoms with Crippen molar-refractivity contribution in [2.75, 3.05) is 31.1 Å². The third-order valence-corrected chi connectivity index (χ3v) is 6.43. The van der Waals surface area contributed by atoms with Crippen LogP contribution in [0.5, 0.6) is 0 Å². The molecule has 0 aliphatic heterocycles. The molecule has 0 spiro atoms. The Morgan fingerprint density at radius 2 is 1.94 bits per heavy atom. The third kappa shape index (κ3) is 4.85. The number of anilines is 1. The first kappa shape index (κ1) is 23.6. The Hall–Kier alpha value is -3.57. The summed E-state index contributed by atoms with van der Waals surface area (Å²) in [6.07, 6.45) is 6.69. The number of amides is 1. The number of carbonyl (C=O) groups is 1. The molecule has 2 heterocycles. The molecule has 0 radical (unpaired) electrons. The normalized spacial score (nSPS) is 14.9. The van der Waals surface area contributed by atoms with Crippen molar-refractivity contribution in [3.05, 3.63) is 60.0 Å². The van der Waals surface area contributed by atoms with Gasteiger partial charge in [-0.15, -0.1) is 0 Å². The number of hydrogen-bond donors (Lipinski definition) is 0. The van der Waals surface area contributed by atoms with E-state index in [0.717, 1.165) is 41.8 Å². The van der Waals surface area contributed by atoms with E-state index in [2.05, 4.69) is 39.8 Å². The van der Waals surface area contributed by atoms with E-state index in [1.54, 1.807) is 24.7 Å². The first-order chi connectivity index (χ1) is 16.5. The number of rotatable bonds is 10. The molecule has 1 aliphatic rings. The van der Waals surface area contributed by atoms with Gasteiger partial charge in [-0.25, -0.2) is 4.98 Å². The average molecular weight is 459 g/mol. The van der Waals surface area contributed by atoms with Crippen molar-refractivity contribution in [2.24, 2.45) is 0 Å². The summed E-state index contributed by atoms with van der Waals surface area (Å²) in [5.41, 5.74) is 2.75. The highest BCUT2D eigenvalue weighted by Crippen LogP contribution is 2.50. The average Bonchev–Trinajstić information content (AvgIpc) is 3.67. The van der Waals surface area contributed by atoms with E-state index in [4.69, 9.17) is 10.00 Å². The fourth-order valence-corrected chi connectivity index (χ4v) is 4.40. The predicted molar refractivity (Wildman–Crippen MR) is 130 cm³/mol. The third-order valence-electron chi connectivity index (χ3n) is 6.43. The van der Waals surface area contributed by atoms with Gasteiger partial charge in [0.2, 0.25) is 5.91 Å². The van der Waals surface area contributed by atoms with E-state index in [1.165, 1.54) is 0 Å². The van der Waals surface area contributed by atoms with E-state index in [1.807, 2.05) is 36.1 Å². The minimum Gasteiger partial charge on any atom is -0.360 e. The van der Waals surface area contributed by atoms with E-state index < -0.39 is 5.60 Å². The van der Waals surface area contributed by atoms with Gasteiger partial charge in [0, 0.05) is 49.8 Å². The van der Waals surface area contributed by atoms with Crippen LogP contribution < -0.4 is 4.90 Å². The second-order valence-electron chi connectivity index (χ2n) is 8.60. The number of benzene rings is 1. The van der Waals surface area contributed by atoms with E-state index in [9.17, 15) is 4.79 Å². The van der Waals surface area contributed by atoms with Crippen LogP contribution in [-0.4, -0.2) is 58.0 Å². The van der Waals surface area contributed by atoms with Gasteiger partial charge in [0.15, 0.2) is 0 Å². The van der Waals surface area contributed by atoms with Gasteiger partial charge in [-0.3, -0.25) is 14.8 Å². The van der Waals surface area contributed by atoms with Crippen LogP contribution in [0.3, 0.4) is 0 Å². The van der Waals surface area contributed by atoms with Gasteiger partial charge in [0.05, 0.1) is 22.2 Å². The maximum atomic E-state index is 13.1. The lowest BCUT2D eigenvalue weighted by molar-refractivity contribution is -0.139. The zero-order valence-electron chi connectivity index (χ0n) is 19.9. The lowest BCUT2D eigenvalue weighted by atomic mass is 10.1. The second-order valence-corrected chi connectivity index (χ2v) is 8.60. The largest absolute Gasteiger partial charge is 0.360 e. The molecule has 4 rings (SSSR count). The molecule has 0 N–H and O–H groups in total. The zero-order chi connectivity index (χ0) is 24.1. The fraction of sp³-hybridized carbons (Fsp3) is 0.423. The fourth-order valence-electron chi connectivity index (χ4n) is 4.40. The topological polar surface area (TPSA) is 95.2 Å². The summed E-state index contributed by atoms with van der Waals surface area (Å²) in [7, 11) is 0. The van der Waals surface area contributed by atoms with Gasteiger partial charge in [-0.05, 0) is 51.8 Å². The maximum absolute atomic E-state index is 13.1. The van der Waals surface area contributed by atoms with Crippen LogP contribution in [-0.2, 0) is 15.1 Å². The van der Waals surface area contributed by atoms with Crippen LogP contribution in [0, 0.1) is 11.3 Å². The van der Waals surface area contributed by atoms with Gasteiger partial charge in [0.25, 0.3) is 0 Å². The Kier molecular flexibility index (Phi) is 7.03. The van der Waals surface area contributed by atoms with Crippen molar-refractivity contribution in [1.29, 1.82) is 5.26 Å². The minimum absolute atomic E-state index is 0.0262. The molecule has 3 aromatic rings. The summed E-state index contributed by atoms with van der Waals surface area (Å²) in [5.74, 6) is 0.763. The summed E-state index contributed by atoms with van der Waals surface area (Å²) in [5, 5.41) is 9.02. The highest BCUT2D eigenvalue weighted by atomic mass is 16.5. The van der Waals surface area contributed by atoms with Crippen LogP contribution in [0.4, 0.5) is 5.82 Å². The molecule has 1 unspecified atom stereocenters. The molecular weight excluding hydrogens is 428 g/mol. The standard InChI is InChI=1S/C26H30N6O2/c1-4-31(17-19(3)32(5-2)23-10-9-20(15-27)16-30-23)24(33)18-34-26(11-12-26)21-7-6-8-22-25(21)29-14-13-28-22/h6-10,13-14,16,19H,4-5,11-12,17-18H2,1-3H3. The molecule has 1 saturated carbocycles. The van der Waals surface area contributed by atoms with Crippen molar-refractivity contribution in [2.45, 2.75) is 45.3 Å². The lowest BCUT2D eigenvalue weighted by Crippen LogP contribution is -2.46. The van der Waals surface area contributed by atoms with Crippen LogP contribution in [0.25, 0.3) is 11.0 Å². The van der Waals surface area contributed by atoms with Gasteiger partial charge >= 0.3 is 0 Å². The van der Waals surface area contributed by atoms with Crippen molar-refractivity contribution in [3.8, 4) is 6.07 Å². The number of nitrogens with zero attached hydrogens (tertiary/aromatic N) is 6. The molecule has 34 heavy (non-hydrogen) atoms. The van der Waals surface area contributed by atoms with Crippen molar-refractivity contribution >= 4 is 22.8 Å². The van der Waals surface area contributed by atoms with Gasteiger partial charge in [0.1, 0.15) is 18.5 Å². The molecule has 8 nitrogen and oxygen atoms in total. The number of aromatic nitrogens is 3. The maximum Gasteiger partial charge on any atom is 0.248 e. The Balaban J connectivity index is 1.41. The summed E-state index contributed by atoms with van der Waals surface area (Å²) < 4.78 is 6.24. The molecule has 8 heteroatoms. The zero-order valence-corrected chi connectivity index (χ0v) is 19.9. The van der Waals surface area contributed by atoms with Crippen molar-refractivity contribution in [3.63, 3.8) is 0 Å².